The fraction of sp³-hybridized carbons (Fsp3) is 0.556. The van der Waals surface area contributed by atoms with Crippen LogP contribution in [0.5, 0.6) is 0 Å². The zero-order chi connectivity index (χ0) is 11.3. The van der Waals surface area contributed by atoms with Crippen LogP contribution in [0.1, 0.15) is 6.92 Å². The molecular formula is C9H14ClN3O2. The van der Waals surface area contributed by atoms with Crippen molar-refractivity contribution in [2.75, 3.05) is 13.1 Å². The molecule has 0 amide bonds. The second-order valence-corrected chi connectivity index (χ2v) is 3.61. The van der Waals surface area contributed by atoms with Crippen LogP contribution in [0.15, 0.2) is 17.2 Å². The van der Waals surface area contributed by atoms with Gasteiger partial charge in [-0.15, -0.1) is 0 Å². The van der Waals surface area contributed by atoms with E-state index < -0.39 is 11.8 Å². The first-order valence-electron chi connectivity index (χ1n) is 4.74. The molecule has 1 rings (SSSR count). The molecule has 1 heterocycles. The van der Waals surface area contributed by atoms with Crippen LogP contribution in [-0.2, 0) is 6.54 Å². The van der Waals surface area contributed by atoms with Crippen molar-refractivity contribution in [1.82, 2.24) is 14.9 Å². The standard InChI is InChI=1S/C9H14ClN3O2/c1-2-11-4-8(14)6-13-5-7(10)3-12-9(13)15/h3,5,8,11,14H,2,4,6H2,1H3. The fourth-order valence-electron chi connectivity index (χ4n) is 1.16. The van der Waals surface area contributed by atoms with Crippen LogP contribution < -0.4 is 11.0 Å². The van der Waals surface area contributed by atoms with Gasteiger partial charge in [-0.1, -0.05) is 18.5 Å². The van der Waals surface area contributed by atoms with E-state index in [9.17, 15) is 9.90 Å². The van der Waals surface area contributed by atoms with Crippen molar-refractivity contribution in [3.05, 3.63) is 27.9 Å². The average molecular weight is 232 g/mol. The largest absolute Gasteiger partial charge is 0.390 e. The summed E-state index contributed by atoms with van der Waals surface area (Å²) in [6, 6.07) is 0. The Labute approximate surface area is 92.7 Å². The third-order valence-corrected chi connectivity index (χ3v) is 2.06. The van der Waals surface area contributed by atoms with E-state index in [0.29, 0.717) is 11.6 Å². The molecule has 0 spiro atoms. The SMILES string of the molecule is CCNCC(O)Cn1cc(Cl)cnc1=O. The summed E-state index contributed by atoms with van der Waals surface area (Å²) in [7, 11) is 0. The molecule has 0 aliphatic rings. The molecule has 0 aliphatic carbocycles. The molecule has 1 unspecified atom stereocenters. The summed E-state index contributed by atoms with van der Waals surface area (Å²) in [5.74, 6) is 0. The lowest BCUT2D eigenvalue weighted by Crippen LogP contribution is -2.34. The molecule has 84 valence electrons. The molecule has 1 aromatic rings. The van der Waals surface area contributed by atoms with Crippen LogP contribution in [0.3, 0.4) is 0 Å². The van der Waals surface area contributed by atoms with Gasteiger partial charge in [0.2, 0.25) is 0 Å². The summed E-state index contributed by atoms with van der Waals surface area (Å²) in [6.07, 6.45) is 2.13. The van der Waals surface area contributed by atoms with Crippen molar-refractivity contribution >= 4 is 11.6 Å². The molecular weight excluding hydrogens is 218 g/mol. The third-order valence-electron chi connectivity index (χ3n) is 1.86. The second kappa shape index (κ2) is 5.85. The van der Waals surface area contributed by atoms with Crippen molar-refractivity contribution in [2.45, 2.75) is 19.6 Å². The van der Waals surface area contributed by atoms with E-state index in [1.54, 1.807) is 0 Å². The van der Waals surface area contributed by atoms with Crippen LogP contribution >= 0.6 is 11.6 Å². The zero-order valence-electron chi connectivity index (χ0n) is 8.48. The molecule has 0 fully saturated rings. The Kier molecular flexibility index (Phi) is 4.74. The summed E-state index contributed by atoms with van der Waals surface area (Å²) in [5, 5.41) is 12.9. The first-order valence-corrected chi connectivity index (χ1v) is 5.12. The summed E-state index contributed by atoms with van der Waals surface area (Å²) in [4.78, 5) is 14.8. The second-order valence-electron chi connectivity index (χ2n) is 3.17. The van der Waals surface area contributed by atoms with Gasteiger partial charge in [0.05, 0.1) is 23.9 Å². The topological polar surface area (TPSA) is 67.2 Å². The maximum absolute atomic E-state index is 11.2. The Hall–Kier alpha value is -0.910. The number of nitrogens with one attached hydrogen (secondary N) is 1. The van der Waals surface area contributed by atoms with Gasteiger partial charge in [-0.3, -0.25) is 4.57 Å². The maximum atomic E-state index is 11.2. The lowest BCUT2D eigenvalue weighted by molar-refractivity contribution is 0.150. The Balaban J connectivity index is 2.63. The highest BCUT2D eigenvalue weighted by Crippen LogP contribution is 2.01. The number of halogens is 1. The average Bonchev–Trinajstić information content (AvgIpc) is 2.20. The molecule has 0 aliphatic heterocycles. The fourth-order valence-corrected chi connectivity index (χ4v) is 1.33. The quantitative estimate of drug-likeness (QED) is 0.741. The Bertz CT molecular complexity index is 367. The number of hydrogen-bond donors (Lipinski definition) is 2. The molecule has 0 saturated carbocycles. The van der Waals surface area contributed by atoms with E-state index in [1.165, 1.54) is 17.0 Å². The van der Waals surface area contributed by atoms with Crippen LogP contribution in [0.4, 0.5) is 0 Å². The van der Waals surface area contributed by atoms with E-state index >= 15 is 0 Å². The number of rotatable bonds is 5. The van der Waals surface area contributed by atoms with Gasteiger partial charge in [0.1, 0.15) is 0 Å². The van der Waals surface area contributed by atoms with Gasteiger partial charge in [0.15, 0.2) is 0 Å². The molecule has 1 atom stereocenters. The minimum Gasteiger partial charge on any atom is -0.390 e. The van der Waals surface area contributed by atoms with Crippen LogP contribution in [0, 0.1) is 0 Å². The minimum absolute atomic E-state index is 0.194. The van der Waals surface area contributed by atoms with Gasteiger partial charge in [-0.2, -0.15) is 0 Å². The lowest BCUT2D eigenvalue weighted by Gasteiger charge is -2.12. The highest BCUT2D eigenvalue weighted by Gasteiger charge is 2.06. The van der Waals surface area contributed by atoms with E-state index in [0.717, 1.165) is 6.54 Å². The predicted octanol–water partition coefficient (Wildman–Crippen LogP) is -0.133. The third kappa shape index (κ3) is 3.99. The Morgan fingerprint density at radius 1 is 1.73 bits per heavy atom. The number of nitrogens with zero attached hydrogens (tertiary/aromatic N) is 2. The molecule has 0 saturated heterocycles. The molecule has 0 bridgehead atoms. The maximum Gasteiger partial charge on any atom is 0.347 e. The lowest BCUT2D eigenvalue weighted by atomic mass is 10.3. The Morgan fingerprint density at radius 3 is 3.13 bits per heavy atom. The summed E-state index contributed by atoms with van der Waals surface area (Å²) < 4.78 is 1.30. The number of hydrogen-bond acceptors (Lipinski definition) is 4. The smallest absolute Gasteiger partial charge is 0.347 e. The molecule has 1 aromatic heterocycles. The number of aromatic nitrogens is 2. The van der Waals surface area contributed by atoms with Crippen LogP contribution in [0.2, 0.25) is 5.02 Å². The van der Waals surface area contributed by atoms with Gasteiger partial charge in [0.25, 0.3) is 0 Å². The van der Waals surface area contributed by atoms with Crippen molar-refractivity contribution in [2.24, 2.45) is 0 Å². The number of aliphatic hydroxyl groups excluding tert-OH is 1. The van der Waals surface area contributed by atoms with Gasteiger partial charge in [0, 0.05) is 12.7 Å². The summed E-state index contributed by atoms with van der Waals surface area (Å²) >= 11 is 5.69. The highest BCUT2D eigenvalue weighted by atomic mass is 35.5. The van der Waals surface area contributed by atoms with Crippen molar-refractivity contribution < 1.29 is 5.11 Å². The Morgan fingerprint density at radius 2 is 2.47 bits per heavy atom. The zero-order valence-corrected chi connectivity index (χ0v) is 9.24. The first-order chi connectivity index (χ1) is 7.13. The first kappa shape index (κ1) is 12.2. The monoisotopic (exact) mass is 231 g/mol. The molecule has 6 heteroatoms. The molecule has 5 nitrogen and oxygen atoms in total. The molecule has 2 N–H and O–H groups in total. The predicted molar refractivity (Wildman–Crippen MR) is 58.1 cm³/mol. The van der Waals surface area contributed by atoms with Crippen LogP contribution in [-0.4, -0.2) is 33.9 Å². The molecule has 15 heavy (non-hydrogen) atoms. The number of likely N-dealkylation sites (N-methyl/N-ethyl adjacent to an activating group) is 1. The highest BCUT2D eigenvalue weighted by molar-refractivity contribution is 6.30. The van der Waals surface area contributed by atoms with E-state index in [-0.39, 0.29) is 6.54 Å². The van der Waals surface area contributed by atoms with E-state index in [1.807, 2.05) is 6.92 Å². The van der Waals surface area contributed by atoms with E-state index in [4.69, 9.17) is 11.6 Å². The normalized spacial score (nSPS) is 12.7. The number of aliphatic hydroxyl groups is 1. The molecule has 0 aromatic carbocycles. The summed E-state index contributed by atoms with van der Waals surface area (Å²) in [5.41, 5.74) is -0.407. The molecule has 0 radical (unpaired) electrons. The van der Waals surface area contributed by atoms with Crippen molar-refractivity contribution in [3.8, 4) is 0 Å². The van der Waals surface area contributed by atoms with Crippen LogP contribution in [0.25, 0.3) is 0 Å². The van der Waals surface area contributed by atoms with Gasteiger partial charge in [-0.25, -0.2) is 9.78 Å². The van der Waals surface area contributed by atoms with Gasteiger partial charge >= 0.3 is 5.69 Å². The van der Waals surface area contributed by atoms with E-state index in [2.05, 4.69) is 10.3 Å². The van der Waals surface area contributed by atoms with Gasteiger partial charge < -0.3 is 10.4 Å². The van der Waals surface area contributed by atoms with Crippen molar-refractivity contribution in [1.29, 1.82) is 0 Å². The van der Waals surface area contributed by atoms with Gasteiger partial charge in [-0.05, 0) is 6.54 Å². The summed E-state index contributed by atoms with van der Waals surface area (Å²) in [6.45, 7) is 3.36. The minimum atomic E-state index is -0.622. The van der Waals surface area contributed by atoms with Crippen molar-refractivity contribution in [3.63, 3.8) is 0 Å².